The molecular formula is C16H12F3N5. The maximum Gasteiger partial charge on any atom is 0.225 e. The maximum atomic E-state index is 13.8. The van der Waals surface area contributed by atoms with Crippen LogP contribution in [0.1, 0.15) is 0 Å². The Morgan fingerprint density at radius 2 is 1.71 bits per heavy atom. The third kappa shape index (κ3) is 3.12. The van der Waals surface area contributed by atoms with E-state index in [-0.39, 0.29) is 11.8 Å². The fourth-order valence-corrected chi connectivity index (χ4v) is 2.04. The van der Waals surface area contributed by atoms with E-state index in [2.05, 4.69) is 25.6 Å². The summed E-state index contributed by atoms with van der Waals surface area (Å²) in [5.74, 6) is -3.10. The second kappa shape index (κ2) is 6.53. The van der Waals surface area contributed by atoms with Crippen molar-refractivity contribution in [3.63, 3.8) is 0 Å². The zero-order valence-corrected chi connectivity index (χ0v) is 12.5. The molecule has 0 aliphatic rings. The number of halogens is 3. The number of benzene rings is 1. The van der Waals surface area contributed by atoms with Gasteiger partial charge in [0.05, 0.1) is 11.4 Å². The molecule has 3 aromatic rings. The lowest BCUT2D eigenvalue weighted by Gasteiger charge is -2.11. The van der Waals surface area contributed by atoms with Gasteiger partial charge in [0.2, 0.25) is 5.95 Å². The zero-order valence-electron chi connectivity index (χ0n) is 12.5. The van der Waals surface area contributed by atoms with Gasteiger partial charge in [0.15, 0.2) is 11.6 Å². The SMILES string of the molecule is CNc1nc(Nc2c(F)ccc(F)c2F)cc(-c2ccccn2)n1. The Hall–Kier alpha value is -3.16. The van der Waals surface area contributed by atoms with Crippen molar-refractivity contribution in [2.45, 2.75) is 0 Å². The average molecular weight is 331 g/mol. The molecule has 2 aromatic heterocycles. The maximum absolute atomic E-state index is 13.8. The van der Waals surface area contributed by atoms with Crippen LogP contribution in [-0.4, -0.2) is 22.0 Å². The molecule has 0 unspecified atom stereocenters. The molecule has 2 N–H and O–H groups in total. The number of hydrogen-bond donors (Lipinski definition) is 2. The first-order chi connectivity index (χ1) is 11.6. The summed E-state index contributed by atoms with van der Waals surface area (Å²) in [5.41, 5.74) is 0.372. The van der Waals surface area contributed by atoms with Crippen LogP contribution < -0.4 is 10.6 Å². The van der Waals surface area contributed by atoms with E-state index < -0.39 is 23.1 Å². The first-order valence-corrected chi connectivity index (χ1v) is 6.97. The first-order valence-electron chi connectivity index (χ1n) is 6.97. The van der Waals surface area contributed by atoms with Crippen LogP contribution in [0.2, 0.25) is 0 Å². The van der Waals surface area contributed by atoms with Crippen molar-refractivity contribution in [2.75, 3.05) is 17.7 Å². The minimum Gasteiger partial charge on any atom is -0.357 e. The molecule has 0 spiro atoms. The van der Waals surface area contributed by atoms with E-state index in [1.807, 2.05) is 0 Å². The van der Waals surface area contributed by atoms with Crippen LogP contribution in [0.15, 0.2) is 42.6 Å². The normalized spacial score (nSPS) is 10.5. The molecule has 8 heteroatoms. The minimum atomic E-state index is -1.32. The van der Waals surface area contributed by atoms with Gasteiger partial charge in [0.25, 0.3) is 0 Å². The Morgan fingerprint density at radius 1 is 0.917 bits per heavy atom. The van der Waals surface area contributed by atoms with Gasteiger partial charge in [0, 0.05) is 19.3 Å². The van der Waals surface area contributed by atoms with Gasteiger partial charge in [-0.3, -0.25) is 4.98 Å². The standard InChI is InChI=1S/C16H12F3N5/c1-20-16-22-12(11-4-2-3-7-21-11)8-13(24-16)23-15-10(18)6-5-9(17)14(15)19/h2-8H,1H3,(H2,20,22,23,24). The molecule has 0 saturated carbocycles. The molecule has 0 aliphatic heterocycles. The van der Waals surface area contributed by atoms with Gasteiger partial charge in [0.1, 0.15) is 17.3 Å². The summed E-state index contributed by atoms with van der Waals surface area (Å²) >= 11 is 0. The summed E-state index contributed by atoms with van der Waals surface area (Å²) in [6.45, 7) is 0. The monoisotopic (exact) mass is 331 g/mol. The molecule has 0 amide bonds. The summed E-state index contributed by atoms with van der Waals surface area (Å²) in [7, 11) is 1.60. The lowest BCUT2D eigenvalue weighted by atomic mass is 10.2. The molecule has 0 radical (unpaired) electrons. The molecule has 0 bridgehead atoms. The van der Waals surface area contributed by atoms with Crippen LogP contribution in [0.3, 0.4) is 0 Å². The van der Waals surface area contributed by atoms with Crippen LogP contribution in [0.5, 0.6) is 0 Å². The van der Waals surface area contributed by atoms with Gasteiger partial charge in [-0.15, -0.1) is 0 Å². The van der Waals surface area contributed by atoms with E-state index in [0.29, 0.717) is 17.5 Å². The van der Waals surface area contributed by atoms with Gasteiger partial charge in [-0.25, -0.2) is 18.2 Å². The number of nitrogens with zero attached hydrogens (tertiary/aromatic N) is 3. The van der Waals surface area contributed by atoms with Crippen molar-refractivity contribution in [1.82, 2.24) is 15.0 Å². The molecule has 0 aliphatic carbocycles. The van der Waals surface area contributed by atoms with Crippen LogP contribution in [0.4, 0.5) is 30.6 Å². The molecule has 0 fully saturated rings. The summed E-state index contributed by atoms with van der Waals surface area (Å²) in [6.07, 6.45) is 1.59. The molecule has 0 saturated heterocycles. The van der Waals surface area contributed by atoms with Crippen molar-refractivity contribution in [3.8, 4) is 11.4 Å². The Bertz CT molecular complexity index is 871. The number of rotatable bonds is 4. The number of pyridine rings is 1. The fraction of sp³-hybridized carbons (Fsp3) is 0.0625. The highest BCUT2D eigenvalue weighted by molar-refractivity contribution is 5.65. The van der Waals surface area contributed by atoms with E-state index in [9.17, 15) is 13.2 Å². The van der Waals surface area contributed by atoms with Crippen molar-refractivity contribution in [3.05, 3.63) is 60.0 Å². The van der Waals surface area contributed by atoms with Gasteiger partial charge < -0.3 is 10.6 Å². The molecule has 5 nitrogen and oxygen atoms in total. The fourth-order valence-electron chi connectivity index (χ4n) is 2.04. The van der Waals surface area contributed by atoms with Crippen molar-refractivity contribution in [2.24, 2.45) is 0 Å². The van der Waals surface area contributed by atoms with Gasteiger partial charge >= 0.3 is 0 Å². The smallest absolute Gasteiger partial charge is 0.225 e. The zero-order chi connectivity index (χ0) is 17.1. The van der Waals surface area contributed by atoms with E-state index >= 15 is 0 Å². The number of anilines is 3. The second-order valence-corrected chi connectivity index (χ2v) is 4.77. The number of hydrogen-bond acceptors (Lipinski definition) is 5. The minimum absolute atomic E-state index is 0.0957. The second-order valence-electron chi connectivity index (χ2n) is 4.77. The van der Waals surface area contributed by atoms with Crippen LogP contribution in [-0.2, 0) is 0 Å². The topological polar surface area (TPSA) is 62.7 Å². The van der Waals surface area contributed by atoms with E-state index in [4.69, 9.17) is 0 Å². The molecule has 0 atom stereocenters. The third-order valence-corrected chi connectivity index (χ3v) is 3.17. The summed E-state index contributed by atoms with van der Waals surface area (Å²) in [4.78, 5) is 12.5. The van der Waals surface area contributed by atoms with Crippen molar-refractivity contribution < 1.29 is 13.2 Å². The largest absolute Gasteiger partial charge is 0.357 e. The lowest BCUT2D eigenvalue weighted by Crippen LogP contribution is -2.05. The van der Waals surface area contributed by atoms with E-state index in [1.54, 1.807) is 31.4 Å². The Labute approximate surface area is 135 Å². The molecule has 3 rings (SSSR count). The van der Waals surface area contributed by atoms with Crippen LogP contribution in [0, 0.1) is 17.5 Å². The molecule has 122 valence electrons. The quantitative estimate of drug-likeness (QED) is 0.713. The van der Waals surface area contributed by atoms with E-state index in [0.717, 1.165) is 6.07 Å². The highest BCUT2D eigenvalue weighted by Crippen LogP contribution is 2.26. The molecule has 2 heterocycles. The van der Waals surface area contributed by atoms with Gasteiger partial charge in [-0.1, -0.05) is 6.07 Å². The Morgan fingerprint density at radius 3 is 2.42 bits per heavy atom. The number of nitrogens with one attached hydrogen (secondary N) is 2. The van der Waals surface area contributed by atoms with Crippen molar-refractivity contribution >= 4 is 17.5 Å². The molecular weight excluding hydrogens is 319 g/mol. The summed E-state index contributed by atoms with van der Waals surface area (Å²) in [6, 6.07) is 8.28. The van der Waals surface area contributed by atoms with Crippen LogP contribution >= 0.6 is 0 Å². The van der Waals surface area contributed by atoms with Gasteiger partial charge in [-0.2, -0.15) is 4.98 Å². The van der Waals surface area contributed by atoms with E-state index in [1.165, 1.54) is 6.07 Å². The van der Waals surface area contributed by atoms with Crippen LogP contribution in [0.25, 0.3) is 11.4 Å². The van der Waals surface area contributed by atoms with Gasteiger partial charge in [-0.05, 0) is 24.3 Å². The Balaban J connectivity index is 2.04. The van der Waals surface area contributed by atoms with Crippen molar-refractivity contribution in [1.29, 1.82) is 0 Å². The third-order valence-electron chi connectivity index (χ3n) is 3.17. The highest BCUT2D eigenvalue weighted by Gasteiger charge is 2.15. The Kier molecular flexibility index (Phi) is 4.28. The summed E-state index contributed by atoms with van der Waals surface area (Å²) < 4.78 is 40.9. The highest BCUT2D eigenvalue weighted by atomic mass is 19.2. The first kappa shape index (κ1) is 15.7. The predicted molar refractivity (Wildman–Crippen MR) is 84.4 cm³/mol. The molecule has 1 aromatic carbocycles. The number of aromatic nitrogens is 3. The lowest BCUT2D eigenvalue weighted by molar-refractivity contribution is 0.499. The average Bonchev–Trinajstić information content (AvgIpc) is 2.62. The summed E-state index contributed by atoms with van der Waals surface area (Å²) in [5, 5.41) is 5.21. The predicted octanol–water partition coefficient (Wildman–Crippen LogP) is 3.74. The molecule has 24 heavy (non-hydrogen) atoms.